The van der Waals surface area contributed by atoms with Crippen molar-refractivity contribution in [3.63, 3.8) is 0 Å². The maximum atomic E-state index is 12.4. The number of amides is 1. The van der Waals surface area contributed by atoms with Crippen LogP contribution in [0.3, 0.4) is 0 Å². The van der Waals surface area contributed by atoms with Crippen molar-refractivity contribution < 1.29 is 23.8 Å². The van der Waals surface area contributed by atoms with Gasteiger partial charge in [0.1, 0.15) is 0 Å². The number of hydrogen-bond donors (Lipinski definition) is 1. The maximum Gasteiger partial charge on any atom is 0.339 e. The highest BCUT2D eigenvalue weighted by atomic mass is 35.5. The summed E-state index contributed by atoms with van der Waals surface area (Å²) in [4.78, 5) is 24.7. The Balaban J connectivity index is 2.12. The molecule has 8 heteroatoms. The Bertz CT molecular complexity index is 869. The lowest BCUT2D eigenvalue weighted by atomic mass is 10.2. The van der Waals surface area contributed by atoms with Crippen LogP contribution in [-0.2, 0) is 9.53 Å². The van der Waals surface area contributed by atoms with Crippen LogP contribution in [0.5, 0.6) is 11.5 Å². The van der Waals surface area contributed by atoms with Crippen LogP contribution in [0.15, 0.2) is 30.3 Å². The van der Waals surface area contributed by atoms with Gasteiger partial charge in [0.15, 0.2) is 17.6 Å². The van der Waals surface area contributed by atoms with Gasteiger partial charge in [0, 0.05) is 10.7 Å². The zero-order valence-electron chi connectivity index (χ0n) is 15.3. The fourth-order valence-corrected chi connectivity index (χ4v) is 2.74. The van der Waals surface area contributed by atoms with Crippen LogP contribution in [0.25, 0.3) is 0 Å². The van der Waals surface area contributed by atoms with Gasteiger partial charge in [-0.3, -0.25) is 4.79 Å². The SMILES string of the molecule is COc1cc(C(=O)O[C@@H](C)C(=O)Nc2cc(Cl)ccc2C)cc(Cl)c1OC. The number of benzene rings is 2. The molecule has 0 spiro atoms. The van der Waals surface area contributed by atoms with Crippen LogP contribution in [0, 0.1) is 6.92 Å². The topological polar surface area (TPSA) is 73.9 Å². The van der Waals surface area contributed by atoms with Gasteiger partial charge in [0.05, 0.1) is 24.8 Å². The molecule has 0 aliphatic heterocycles. The molecule has 0 saturated carbocycles. The molecule has 6 nitrogen and oxygen atoms in total. The van der Waals surface area contributed by atoms with E-state index >= 15 is 0 Å². The highest BCUT2D eigenvalue weighted by Gasteiger charge is 2.22. The van der Waals surface area contributed by atoms with Gasteiger partial charge in [-0.25, -0.2) is 4.79 Å². The first-order valence-electron chi connectivity index (χ1n) is 7.96. The molecule has 2 aromatic carbocycles. The smallest absolute Gasteiger partial charge is 0.339 e. The van der Waals surface area contributed by atoms with E-state index in [1.54, 1.807) is 18.2 Å². The fourth-order valence-electron chi connectivity index (χ4n) is 2.28. The average Bonchev–Trinajstić information content (AvgIpc) is 2.63. The van der Waals surface area contributed by atoms with Crippen LogP contribution in [-0.4, -0.2) is 32.2 Å². The van der Waals surface area contributed by atoms with Gasteiger partial charge in [-0.05, 0) is 43.7 Å². The first-order chi connectivity index (χ1) is 12.8. The van der Waals surface area contributed by atoms with Crippen LogP contribution < -0.4 is 14.8 Å². The molecule has 0 bridgehead atoms. The van der Waals surface area contributed by atoms with Gasteiger partial charge < -0.3 is 19.5 Å². The molecule has 0 unspecified atom stereocenters. The number of anilines is 1. The van der Waals surface area contributed by atoms with Crippen molar-refractivity contribution in [1.82, 2.24) is 0 Å². The summed E-state index contributed by atoms with van der Waals surface area (Å²) in [5.41, 5.74) is 1.51. The van der Waals surface area contributed by atoms with E-state index in [4.69, 9.17) is 37.4 Å². The standard InChI is InChI=1S/C19H19Cl2NO5/c1-10-5-6-13(20)9-15(10)22-18(23)11(2)27-19(24)12-7-14(21)17(26-4)16(8-12)25-3/h5-9,11H,1-4H3,(H,22,23)/t11-/m0/s1. The third kappa shape index (κ3) is 5.05. The number of nitrogens with one attached hydrogen (secondary N) is 1. The molecule has 0 fully saturated rings. The van der Waals surface area contributed by atoms with Gasteiger partial charge in [0.25, 0.3) is 5.91 Å². The Labute approximate surface area is 167 Å². The van der Waals surface area contributed by atoms with Crippen molar-refractivity contribution in [3.8, 4) is 11.5 Å². The normalized spacial score (nSPS) is 11.5. The first kappa shape index (κ1) is 20.9. The number of carbonyl (C=O) groups is 2. The van der Waals surface area contributed by atoms with Crippen molar-refractivity contribution in [2.24, 2.45) is 0 Å². The molecule has 0 aromatic heterocycles. The zero-order chi connectivity index (χ0) is 20.1. The molecule has 0 aliphatic carbocycles. The van der Waals surface area contributed by atoms with Crippen LogP contribution in [0.1, 0.15) is 22.8 Å². The van der Waals surface area contributed by atoms with Gasteiger partial charge in [-0.2, -0.15) is 0 Å². The van der Waals surface area contributed by atoms with Gasteiger partial charge in [-0.15, -0.1) is 0 Å². The van der Waals surface area contributed by atoms with E-state index in [0.717, 1.165) is 5.56 Å². The molecular weight excluding hydrogens is 393 g/mol. The predicted molar refractivity (Wildman–Crippen MR) is 104 cm³/mol. The molecule has 0 aliphatic rings. The van der Waals surface area contributed by atoms with Crippen LogP contribution >= 0.6 is 23.2 Å². The third-order valence-electron chi connectivity index (χ3n) is 3.78. The largest absolute Gasteiger partial charge is 0.493 e. The summed E-state index contributed by atoms with van der Waals surface area (Å²) in [5, 5.41) is 3.37. The number of rotatable bonds is 6. The summed E-state index contributed by atoms with van der Waals surface area (Å²) in [5.74, 6) is -0.620. The second-order valence-corrected chi connectivity index (χ2v) is 6.53. The number of hydrogen-bond acceptors (Lipinski definition) is 5. The highest BCUT2D eigenvalue weighted by Crippen LogP contribution is 2.36. The van der Waals surface area contributed by atoms with E-state index in [2.05, 4.69) is 5.32 Å². The monoisotopic (exact) mass is 411 g/mol. The van der Waals surface area contributed by atoms with E-state index < -0.39 is 18.0 Å². The molecule has 0 saturated heterocycles. The Morgan fingerprint density at radius 3 is 2.41 bits per heavy atom. The molecule has 2 aromatic rings. The fraction of sp³-hybridized carbons (Fsp3) is 0.263. The lowest BCUT2D eigenvalue weighted by molar-refractivity contribution is -0.123. The van der Waals surface area contributed by atoms with E-state index in [0.29, 0.717) is 16.5 Å². The summed E-state index contributed by atoms with van der Waals surface area (Å²) < 4.78 is 15.5. The Morgan fingerprint density at radius 2 is 1.78 bits per heavy atom. The number of ether oxygens (including phenoxy) is 3. The Morgan fingerprint density at radius 1 is 1.07 bits per heavy atom. The molecule has 1 atom stereocenters. The molecule has 27 heavy (non-hydrogen) atoms. The molecule has 0 heterocycles. The summed E-state index contributed by atoms with van der Waals surface area (Å²) >= 11 is 12.0. The minimum atomic E-state index is -1.04. The molecular formula is C19H19Cl2NO5. The second kappa shape index (κ2) is 8.97. The molecule has 2 rings (SSSR count). The molecule has 1 amide bonds. The molecule has 0 radical (unpaired) electrons. The zero-order valence-corrected chi connectivity index (χ0v) is 16.8. The number of esters is 1. The Hall–Kier alpha value is -2.44. The number of aryl methyl sites for hydroxylation is 1. The van der Waals surface area contributed by atoms with E-state index in [1.165, 1.54) is 33.3 Å². The number of carbonyl (C=O) groups excluding carboxylic acids is 2. The van der Waals surface area contributed by atoms with E-state index in [-0.39, 0.29) is 16.3 Å². The van der Waals surface area contributed by atoms with Gasteiger partial charge >= 0.3 is 5.97 Å². The van der Waals surface area contributed by atoms with E-state index in [9.17, 15) is 9.59 Å². The second-order valence-electron chi connectivity index (χ2n) is 5.69. The third-order valence-corrected chi connectivity index (χ3v) is 4.30. The van der Waals surface area contributed by atoms with Crippen molar-refractivity contribution in [2.75, 3.05) is 19.5 Å². The van der Waals surface area contributed by atoms with Gasteiger partial charge in [-0.1, -0.05) is 29.3 Å². The van der Waals surface area contributed by atoms with Gasteiger partial charge in [0.2, 0.25) is 0 Å². The van der Waals surface area contributed by atoms with Crippen molar-refractivity contribution >= 4 is 40.8 Å². The summed E-state index contributed by atoms with van der Waals surface area (Å²) in [7, 11) is 2.86. The van der Waals surface area contributed by atoms with Crippen LogP contribution in [0.4, 0.5) is 5.69 Å². The minimum Gasteiger partial charge on any atom is -0.493 e. The molecule has 1 N–H and O–H groups in total. The summed E-state index contributed by atoms with van der Waals surface area (Å²) in [6.45, 7) is 3.30. The lowest BCUT2D eigenvalue weighted by Crippen LogP contribution is -2.30. The number of halogens is 2. The summed E-state index contributed by atoms with van der Waals surface area (Å²) in [6.07, 6.45) is -1.04. The van der Waals surface area contributed by atoms with E-state index in [1.807, 2.05) is 6.92 Å². The average molecular weight is 412 g/mol. The highest BCUT2D eigenvalue weighted by molar-refractivity contribution is 6.32. The quantitative estimate of drug-likeness (QED) is 0.708. The lowest BCUT2D eigenvalue weighted by Gasteiger charge is -2.16. The van der Waals surface area contributed by atoms with Crippen molar-refractivity contribution in [2.45, 2.75) is 20.0 Å². The molecule has 144 valence electrons. The Kier molecular flexibility index (Phi) is 6.93. The first-order valence-corrected chi connectivity index (χ1v) is 8.72. The summed E-state index contributed by atoms with van der Waals surface area (Å²) in [6, 6.07) is 7.93. The maximum absolute atomic E-state index is 12.4. The van der Waals surface area contributed by atoms with Crippen LogP contribution in [0.2, 0.25) is 10.0 Å². The predicted octanol–water partition coefficient (Wildman–Crippen LogP) is 4.50. The van der Waals surface area contributed by atoms with Crippen molar-refractivity contribution in [3.05, 3.63) is 51.5 Å². The number of methoxy groups -OCH3 is 2. The minimum absolute atomic E-state index is 0.135. The van der Waals surface area contributed by atoms with Crippen molar-refractivity contribution in [1.29, 1.82) is 0 Å².